The van der Waals surface area contributed by atoms with Crippen molar-refractivity contribution in [1.29, 1.82) is 0 Å². The molecule has 1 aromatic heterocycles. The SMILES string of the molecule is CCCN(C(=O)C1CC1)C(CC)c1nc2ccccc2c(=O)n1-c1cccc(C)c1. The summed E-state index contributed by atoms with van der Waals surface area (Å²) >= 11 is 0. The first-order valence-corrected chi connectivity index (χ1v) is 10.9. The van der Waals surface area contributed by atoms with Crippen LogP contribution in [-0.4, -0.2) is 26.9 Å². The van der Waals surface area contributed by atoms with Crippen molar-refractivity contribution in [3.05, 3.63) is 70.3 Å². The number of carbonyl (C=O) groups excluding carboxylic acids is 1. The van der Waals surface area contributed by atoms with Gasteiger partial charge in [-0.1, -0.05) is 38.1 Å². The zero-order valence-corrected chi connectivity index (χ0v) is 18.0. The van der Waals surface area contributed by atoms with Crippen LogP contribution in [-0.2, 0) is 4.79 Å². The van der Waals surface area contributed by atoms with Gasteiger partial charge in [-0.2, -0.15) is 0 Å². The van der Waals surface area contributed by atoms with Crippen molar-refractivity contribution in [1.82, 2.24) is 14.5 Å². The lowest BCUT2D eigenvalue weighted by Crippen LogP contribution is -2.39. The van der Waals surface area contributed by atoms with Gasteiger partial charge >= 0.3 is 0 Å². The molecule has 1 aliphatic carbocycles. The highest BCUT2D eigenvalue weighted by Crippen LogP contribution is 2.35. The second kappa shape index (κ2) is 8.42. The summed E-state index contributed by atoms with van der Waals surface area (Å²) in [5.74, 6) is 0.973. The van der Waals surface area contributed by atoms with Gasteiger partial charge in [0.15, 0.2) is 0 Å². The molecule has 1 aliphatic rings. The van der Waals surface area contributed by atoms with Crippen LogP contribution in [0.2, 0.25) is 0 Å². The van der Waals surface area contributed by atoms with Crippen molar-refractivity contribution >= 4 is 16.8 Å². The minimum absolute atomic E-state index is 0.0880. The van der Waals surface area contributed by atoms with E-state index < -0.39 is 0 Å². The monoisotopic (exact) mass is 403 g/mol. The predicted octanol–water partition coefficient (Wildman–Crippen LogP) is 4.79. The fourth-order valence-corrected chi connectivity index (χ4v) is 4.16. The van der Waals surface area contributed by atoms with Crippen LogP contribution in [0.15, 0.2) is 53.3 Å². The summed E-state index contributed by atoms with van der Waals surface area (Å²) in [5.41, 5.74) is 2.46. The van der Waals surface area contributed by atoms with Crippen LogP contribution in [0, 0.1) is 12.8 Å². The summed E-state index contributed by atoms with van der Waals surface area (Å²) in [6.07, 6.45) is 3.50. The van der Waals surface area contributed by atoms with Gasteiger partial charge in [-0.25, -0.2) is 4.98 Å². The molecule has 156 valence electrons. The average Bonchev–Trinajstić information content (AvgIpc) is 3.59. The number of hydrogen-bond acceptors (Lipinski definition) is 3. The van der Waals surface area contributed by atoms with Gasteiger partial charge in [-0.05, 0) is 62.4 Å². The Bertz CT molecular complexity index is 1130. The largest absolute Gasteiger partial charge is 0.332 e. The number of benzene rings is 2. The minimum Gasteiger partial charge on any atom is -0.332 e. The van der Waals surface area contributed by atoms with Gasteiger partial charge < -0.3 is 4.90 Å². The maximum atomic E-state index is 13.6. The van der Waals surface area contributed by atoms with Gasteiger partial charge in [0.05, 0.1) is 22.6 Å². The number of nitrogens with zero attached hydrogens (tertiary/aromatic N) is 3. The molecule has 5 heteroatoms. The van der Waals surface area contributed by atoms with E-state index in [2.05, 4.69) is 13.8 Å². The second-order valence-corrected chi connectivity index (χ2v) is 8.20. The highest BCUT2D eigenvalue weighted by atomic mass is 16.2. The fourth-order valence-electron chi connectivity index (χ4n) is 4.16. The van der Waals surface area contributed by atoms with Gasteiger partial charge in [0, 0.05) is 12.5 Å². The molecule has 0 aliphatic heterocycles. The zero-order valence-electron chi connectivity index (χ0n) is 18.0. The fraction of sp³-hybridized carbons (Fsp3) is 0.400. The third kappa shape index (κ3) is 3.76. The Balaban J connectivity index is 1.96. The maximum absolute atomic E-state index is 13.6. The van der Waals surface area contributed by atoms with Crippen molar-refractivity contribution in [2.75, 3.05) is 6.54 Å². The van der Waals surface area contributed by atoms with Crippen LogP contribution in [0.5, 0.6) is 0 Å². The molecule has 0 N–H and O–H groups in total. The first-order valence-electron chi connectivity index (χ1n) is 10.9. The number of rotatable bonds is 7. The molecule has 0 saturated heterocycles. The molecule has 1 amide bonds. The Labute approximate surface area is 177 Å². The van der Waals surface area contributed by atoms with E-state index in [-0.39, 0.29) is 23.4 Å². The van der Waals surface area contributed by atoms with E-state index in [1.807, 2.05) is 60.4 Å². The second-order valence-electron chi connectivity index (χ2n) is 8.20. The predicted molar refractivity (Wildman–Crippen MR) is 120 cm³/mol. The minimum atomic E-state index is -0.240. The van der Waals surface area contributed by atoms with Gasteiger partial charge in [0.1, 0.15) is 5.82 Å². The molecule has 0 radical (unpaired) electrons. The maximum Gasteiger partial charge on any atom is 0.266 e. The highest BCUT2D eigenvalue weighted by Gasteiger charge is 2.37. The van der Waals surface area contributed by atoms with Crippen molar-refractivity contribution < 1.29 is 4.79 Å². The Hall–Kier alpha value is -2.95. The van der Waals surface area contributed by atoms with Crippen LogP contribution in [0.1, 0.15) is 57.0 Å². The Morgan fingerprint density at radius 1 is 1.17 bits per heavy atom. The van der Waals surface area contributed by atoms with E-state index in [9.17, 15) is 9.59 Å². The van der Waals surface area contributed by atoms with E-state index in [0.717, 1.165) is 30.5 Å². The Morgan fingerprint density at radius 3 is 2.60 bits per heavy atom. The first kappa shape index (κ1) is 20.3. The summed E-state index contributed by atoms with van der Waals surface area (Å²) in [5, 5.41) is 0.591. The summed E-state index contributed by atoms with van der Waals surface area (Å²) in [4.78, 5) is 33.6. The van der Waals surface area contributed by atoms with Crippen LogP contribution in [0.3, 0.4) is 0 Å². The third-order valence-electron chi connectivity index (χ3n) is 5.80. The zero-order chi connectivity index (χ0) is 21.3. The van der Waals surface area contributed by atoms with Crippen LogP contribution in [0.4, 0.5) is 0 Å². The van der Waals surface area contributed by atoms with Crippen LogP contribution < -0.4 is 5.56 Å². The van der Waals surface area contributed by atoms with Crippen molar-refractivity contribution in [2.45, 2.75) is 52.5 Å². The number of hydrogen-bond donors (Lipinski definition) is 0. The van der Waals surface area contributed by atoms with Gasteiger partial charge in [-0.15, -0.1) is 0 Å². The molecule has 2 aromatic carbocycles. The van der Waals surface area contributed by atoms with E-state index in [1.165, 1.54) is 0 Å². The average molecular weight is 404 g/mol. The van der Waals surface area contributed by atoms with Gasteiger partial charge in [0.2, 0.25) is 5.91 Å². The topological polar surface area (TPSA) is 55.2 Å². The lowest BCUT2D eigenvalue weighted by Gasteiger charge is -2.32. The number of aromatic nitrogens is 2. The third-order valence-corrected chi connectivity index (χ3v) is 5.80. The first-order chi connectivity index (χ1) is 14.5. The number of amides is 1. The van der Waals surface area contributed by atoms with E-state index in [1.54, 1.807) is 4.57 Å². The number of fused-ring (bicyclic) bond motifs is 1. The Morgan fingerprint density at radius 2 is 1.93 bits per heavy atom. The molecule has 1 heterocycles. The molecule has 5 nitrogen and oxygen atoms in total. The normalized spacial score (nSPS) is 14.6. The van der Waals surface area contributed by atoms with Crippen molar-refractivity contribution in [3.63, 3.8) is 0 Å². The lowest BCUT2D eigenvalue weighted by molar-refractivity contribution is -0.135. The van der Waals surface area contributed by atoms with E-state index >= 15 is 0 Å². The summed E-state index contributed by atoms with van der Waals surface area (Å²) < 4.78 is 1.71. The molecular formula is C25H29N3O2. The molecule has 30 heavy (non-hydrogen) atoms. The summed E-state index contributed by atoms with van der Waals surface area (Å²) in [7, 11) is 0. The summed E-state index contributed by atoms with van der Waals surface area (Å²) in [6.45, 7) is 6.83. The molecule has 0 spiro atoms. The van der Waals surface area contributed by atoms with Crippen LogP contribution in [0.25, 0.3) is 16.6 Å². The molecule has 0 bridgehead atoms. The smallest absolute Gasteiger partial charge is 0.266 e. The standard InChI is InChI=1S/C25H29N3O2/c1-4-15-27(24(29)18-13-14-18)22(5-2)23-26-21-12-7-6-11-20(21)25(30)28(23)19-10-8-9-17(3)16-19/h6-12,16,18,22H,4-5,13-15H2,1-3H3. The van der Waals surface area contributed by atoms with E-state index in [4.69, 9.17) is 4.98 Å². The number of para-hydroxylation sites is 1. The molecule has 1 atom stereocenters. The number of carbonyl (C=O) groups is 1. The number of aryl methyl sites for hydroxylation is 1. The van der Waals surface area contributed by atoms with Crippen LogP contribution >= 0.6 is 0 Å². The Kier molecular flexibility index (Phi) is 5.71. The van der Waals surface area contributed by atoms with Gasteiger partial charge in [0.25, 0.3) is 5.56 Å². The summed E-state index contributed by atoms with van der Waals surface area (Å²) in [6, 6.07) is 15.1. The molecular weight excluding hydrogens is 374 g/mol. The molecule has 3 aromatic rings. The van der Waals surface area contributed by atoms with Gasteiger partial charge in [-0.3, -0.25) is 14.2 Å². The lowest BCUT2D eigenvalue weighted by atomic mass is 10.1. The molecule has 1 saturated carbocycles. The van der Waals surface area contributed by atoms with Crippen molar-refractivity contribution in [3.8, 4) is 5.69 Å². The molecule has 1 unspecified atom stereocenters. The van der Waals surface area contributed by atoms with Crippen molar-refractivity contribution in [2.24, 2.45) is 5.92 Å². The molecule has 1 fully saturated rings. The van der Waals surface area contributed by atoms with E-state index in [0.29, 0.717) is 29.7 Å². The molecule has 4 rings (SSSR count). The quantitative estimate of drug-likeness (QED) is 0.570. The highest BCUT2D eigenvalue weighted by molar-refractivity contribution is 5.82.